The second-order valence-corrected chi connectivity index (χ2v) is 7.11. The van der Waals surface area contributed by atoms with Gasteiger partial charge in [-0.3, -0.25) is 0 Å². The smallest absolute Gasteiger partial charge is 0.0380 e. The van der Waals surface area contributed by atoms with Gasteiger partial charge in [-0.25, -0.2) is 0 Å². The van der Waals surface area contributed by atoms with Crippen LogP contribution in [0.15, 0.2) is 22.7 Å². The number of halogens is 1. The maximum atomic E-state index is 3.74. The quantitative estimate of drug-likeness (QED) is 0.883. The Kier molecular flexibility index (Phi) is 4.67. The molecule has 0 aromatic heterocycles. The van der Waals surface area contributed by atoms with Crippen LogP contribution in [-0.4, -0.2) is 19.6 Å². The molecule has 0 amide bonds. The highest BCUT2D eigenvalue weighted by atomic mass is 79.9. The van der Waals surface area contributed by atoms with Crippen LogP contribution < -0.4 is 10.2 Å². The Hall–Kier alpha value is -0.540. The highest BCUT2D eigenvalue weighted by Crippen LogP contribution is 2.38. The molecule has 1 aromatic carbocycles. The Labute approximate surface area is 131 Å². The van der Waals surface area contributed by atoms with E-state index in [1.165, 1.54) is 60.8 Å². The van der Waals surface area contributed by atoms with Crippen LogP contribution in [0.1, 0.15) is 44.1 Å². The van der Waals surface area contributed by atoms with E-state index >= 15 is 0 Å². The lowest BCUT2D eigenvalue weighted by Crippen LogP contribution is -2.46. The number of fused-ring (bicyclic) bond motifs is 1. The fourth-order valence-electron chi connectivity index (χ4n) is 3.99. The maximum absolute atomic E-state index is 3.74. The number of anilines is 1. The van der Waals surface area contributed by atoms with E-state index in [1.807, 2.05) is 7.05 Å². The average molecular weight is 337 g/mol. The second-order valence-electron chi connectivity index (χ2n) is 6.25. The molecule has 1 heterocycles. The van der Waals surface area contributed by atoms with E-state index in [9.17, 15) is 0 Å². The van der Waals surface area contributed by atoms with Crippen molar-refractivity contribution in [2.24, 2.45) is 5.92 Å². The van der Waals surface area contributed by atoms with Crippen LogP contribution in [-0.2, 0) is 6.54 Å². The van der Waals surface area contributed by atoms with Crippen molar-refractivity contribution in [2.45, 2.75) is 51.1 Å². The van der Waals surface area contributed by atoms with Gasteiger partial charge >= 0.3 is 0 Å². The third-order valence-electron chi connectivity index (χ3n) is 4.98. The predicted octanol–water partition coefficient (Wildman–Crippen LogP) is 4.33. The first-order chi connectivity index (χ1) is 9.79. The normalized spacial score (nSPS) is 26.4. The van der Waals surface area contributed by atoms with E-state index in [0.29, 0.717) is 0 Å². The van der Waals surface area contributed by atoms with Gasteiger partial charge in [-0.1, -0.05) is 34.8 Å². The zero-order valence-electron chi connectivity index (χ0n) is 12.4. The summed E-state index contributed by atoms with van der Waals surface area (Å²) in [6.45, 7) is 2.16. The molecule has 0 bridgehead atoms. The number of nitrogens with zero attached hydrogens (tertiary/aromatic N) is 1. The summed E-state index contributed by atoms with van der Waals surface area (Å²) >= 11 is 3.74. The lowest BCUT2D eigenvalue weighted by Gasteiger charge is -2.45. The summed E-state index contributed by atoms with van der Waals surface area (Å²) in [5, 5.41) is 3.23. The topological polar surface area (TPSA) is 15.3 Å². The second kappa shape index (κ2) is 6.48. The monoisotopic (exact) mass is 336 g/mol. The largest absolute Gasteiger partial charge is 0.368 e. The molecule has 1 N–H and O–H groups in total. The van der Waals surface area contributed by atoms with Gasteiger partial charge in [-0.05, 0) is 56.3 Å². The van der Waals surface area contributed by atoms with Gasteiger partial charge in [0.25, 0.3) is 0 Å². The Balaban J connectivity index is 1.82. The molecule has 1 saturated heterocycles. The molecule has 2 aliphatic rings. The molecule has 0 spiro atoms. The standard InChI is InChI=1S/C17H25BrN2/c1-19-12-14-8-9-15(11-16(14)18)20-10-4-6-13-5-2-3-7-17(13)20/h8-9,11,13,17,19H,2-7,10,12H2,1H3. The third-order valence-corrected chi connectivity index (χ3v) is 5.72. The molecule has 110 valence electrons. The lowest BCUT2D eigenvalue weighted by atomic mass is 9.78. The molecule has 3 heteroatoms. The Morgan fingerprint density at radius 3 is 2.80 bits per heavy atom. The van der Waals surface area contributed by atoms with Crippen molar-refractivity contribution < 1.29 is 0 Å². The van der Waals surface area contributed by atoms with Gasteiger partial charge in [0.2, 0.25) is 0 Å². The maximum Gasteiger partial charge on any atom is 0.0380 e. The minimum atomic E-state index is 0.791. The van der Waals surface area contributed by atoms with E-state index in [2.05, 4.69) is 44.3 Å². The minimum Gasteiger partial charge on any atom is -0.368 e. The molecule has 2 fully saturated rings. The third kappa shape index (κ3) is 2.89. The van der Waals surface area contributed by atoms with E-state index in [1.54, 1.807) is 0 Å². The molecule has 0 radical (unpaired) electrons. The van der Waals surface area contributed by atoms with Gasteiger partial charge in [-0.15, -0.1) is 0 Å². The Morgan fingerprint density at radius 1 is 1.20 bits per heavy atom. The summed E-state index contributed by atoms with van der Waals surface area (Å²) < 4.78 is 1.24. The minimum absolute atomic E-state index is 0.791. The number of hydrogen-bond acceptors (Lipinski definition) is 2. The fourth-order valence-corrected chi connectivity index (χ4v) is 4.50. The van der Waals surface area contributed by atoms with Crippen LogP contribution in [0.25, 0.3) is 0 Å². The van der Waals surface area contributed by atoms with Gasteiger partial charge in [0.1, 0.15) is 0 Å². The SMILES string of the molecule is CNCc1ccc(N2CCCC3CCCCC32)cc1Br. The van der Waals surface area contributed by atoms with Crippen molar-refractivity contribution in [3.05, 3.63) is 28.2 Å². The number of benzene rings is 1. The number of piperidine rings is 1. The van der Waals surface area contributed by atoms with Gasteiger partial charge < -0.3 is 10.2 Å². The average Bonchev–Trinajstić information content (AvgIpc) is 2.49. The van der Waals surface area contributed by atoms with Crippen molar-refractivity contribution >= 4 is 21.6 Å². The molecule has 3 rings (SSSR count). The molecule has 2 unspecified atom stereocenters. The van der Waals surface area contributed by atoms with Crippen molar-refractivity contribution in [1.29, 1.82) is 0 Å². The van der Waals surface area contributed by atoms with Crippen LogP contribution >= 0.6 is 15.9 Å². The molecule has 2 atom stereocenters. The van der Waals surface area contributed by atoms with Gasteiger partial charge in [0.15, 0.2) is 0 Å². The molecular weight excluding hydrogens is 312 g/mol. The molecule has 20 heavy (non-hydrogen) atoms. The summed E-state index contributed by atoms with van der Waals surface area (Å²) in [4.78, 5) is 2.68. The molecule has 2 nitrogen and oxygen atoms in total. The first kappa shape index (κ1) is 14.4. The van der Waals surface area contributed by atoms with Crippen LogP contribution in [0.2, 0.25) is 0 Å². The van der Waals surface area contributed by atoms with E-state index in [0.717, 1.165) is 18.5 Å². The molecule has 1 aromatic rings. The van der Waals surface area contributed by atoms with E-state index < -0.39 is 0 Å². The zero-order chi connectivity index (χ0) is 13.9. The van der Waals surface area contributed by atoms with E-state index in [-0.39, 0.29) is 0 Å². The van der Waals surface area contributed by atoms with Gasteiger partial charge in [0, 0.05) is 29.3 Å². The number of nitrogens with one attached hydrogen (secondary N) is 1. The highest BCUT2D eigenvalue weighted by Gasteiger charge is 2.33. The first-order valence-electron chi connectivity index (χ1n) is 7.99. The number of rotatable bonds is 3. The highest BCUT2D eigenvalue weighted by molar-refractivity contribution is 9.10. The first-order valence-corrected chi connectivity index (χ1v) is 8.78. The van der Waals surface area contributed by atoms with Crippen molar-refractivity contribution in [1.82, 2.24) is 5.32 Å². The summed E-state index contributed by atoms with van der Waals surface area (Å²) in [5.74, 6) is 0.938. The van der Waals surface area contributed by atoms with Gasteiger partial charge in [0.05, 0.1) is 0 Å². The Bertz CT molecular complexity index is 458. The Morgan fingerprint density at radius 2 is 2.00 bits per heavy atom. The predicted molar refractivity (Wildman–Crippen MR) is 89.2 cm³/mol. The van der Waals surface area contributed by atoms with Crippen LogP contribution in [0.4, 0.5) is 5.69 Å². The van der Waals surface area contributed by atoms with Gasteiger partial charge in [-0.2, -0.15) is 0 Å². The summed E-state index contributed by atoms with van der Waals surface area (Å²) in [7, 11) is 2.00. The molecular formula is C17H25BrN2. The summed E-state index contributed by atoms with van der Waals surface area (Å²) in [6, 6.07) is 7.69. The molecule has 1 saturated carbocycles. The summed E-state index contributed by atoms with van der Waals surface area (Å²) in [5.41, 5.74) is 2.75. The number of hydrogen-bond donors (Lipinski definition) is 1. The van der Waals surface area contributed by atoms with Crippen molar-refractivity contribution in [3.63, 3.8) is 0 Å². The summed E-state index contributed by atoms with van der Waals surface area (Å²) in [6.07, 6.45) is 8.49. The van der Waals surface area contributed by atoms with Crippen LogP contribution in [0.3, 0.4) is 0 Å². The lowest BCUT2D eigenvalue weighted by molar-refractivity contribution is 0.244. The van der Waals surface area contributed by atoms with E-state index in [4.69, 9.17) is 0 Å². The zero-order valence-corrected chi connectivity index (χ0v) is 14.0. The molecule has 1 aliphatic heterocycles. The van der Waals surface area contributed by atoms with Crippen LogP contribution in [0, 0.1) is 5.92 Å². The van der Waals surface area contributed by atoms with Crippen molar-refractivity contribution in [3.8, 4) is 0 Å². The fraction of sp³-hybridized carbons (Fsp3) is 0.647. The van der Waals surface area contributed by atoms with Crippen LogP contribution in [0.5, 0.6) is 0 Å². The molecule has 1 aliphatic carbocycles. The van der Waals surface area contributed by atoms with Crippen molar-refractivity contribution in [2.75, 3.05) is 18.5 Å².